The van der Waals surface area contributed by atoms with E-state index in [0.29, 0.717) is 0 Å². The minimum Gasteiger partial charge on any atom is -0.372 e. The van der Waals surface area contributed by atoms with Crippen LogP contribution in [0.4, 0.5) is 5.69 Å². The molecule has 0 amide bonds. The molecule has 0 spiro atoms. The molecule has 17 heavy (non-hydrogen) atoms. The zero-order valence-electron chi connectivity index (χ0n) is 10.7. The first-order valence-corrected chi connectivity index (χ1v) is 5.88. The van der Waals surface area contributed by atoms with Gasteiger partial charge in [0.15, 0.2) is 0 Å². The van der Waals surface area contributed by atoms with Crippen LogP contribution in [0.15, 0.2) is 36.5 Å². The van der Waals surface area contributed by atoms with Crippen LogP contribution in [0.1, 0.15) is 0 Å². The van der Waals surface area contributed by atoms with Crippen molar-refractivity contribution in [3.05, 3.63) is 36.5 Å². The van der Waals surface area contributed by atoms with Crippen LogP contribution in [0.5, 0.6) is 0 Å². The van der Waals surface area contributed by atoms with Gasteiger partial charge >= 0.3 is 0 Å². The molecule has 90 valence electrons. The van der Waals surface area contributed by atoms with Gasteiger partial charge in [0.1, 0.15) is 0 Å². The maximum absolute atomic E-state index is 4.47. The van der Waals surface area contributed by atoms with Crippen LogP contribution < -0.4 is 4.90 Å². The Morgan fingerprint density at radius 2 is 1.76 bits per heavy atom. The Hall–Kier alpha value is -1.61. The lowest BCUT2D eigenvalue weighted by Gasteiger charge is -2.22. The van der Waals surface area contributed by atoms with Crippen LogP contribution in [0.25, 0.3) is 10.9 Å². The molecule has 1 aromatic heterocycles. The molecule has 2 rings (SSSR count). The molecule has 0 atom stereocenters. The summed E-state index contributed by atoms with van der Waals surface area (Å²) in [4.78, 5) is 8.92. The van der Waals surface area contributed by atoms with E-state index < -0.39 is 0 Å². The van der Waals surface area contributed by atoms with Gasteiger partial charge in [0.2, 0.25) is 0 Å². The maximum atomic E-state index is 4.47. The van der Waals surface area contributed by atoms with E-state index in [4.69, 9.17) is 0 Å². The number of hydrogen-bond donors (Lipinski definition) is 0. The van der Waals surface area contributed by atoms with Crippen molar-refractivity contribution in [1.82, 2.24) is 9.88 Å². The summed E-state index contributed by atoms with van der Waals surface area (Å²) in [6, 6.07) is 10.4. The Labute approximate surface area is 103 Å². The Morgan fingerprint density at radius 1 is 1.00 bits per heavy atom. The fourth-order valence-electron chi connectivity index (χ4n) is 1.87. The minimum atomic E-state index is 1.00. The Kier molecular flexibility index (Phi) is 3.59. The van der Waals surface area contributed by atoms with Gasteiger partial charge in [-0.05, 0) is 26.2 Å². The van der Waals surface area contributed by atoms with Crippen molar-refractivity contribution in [3.8, 4) is 0 Å². The molecule has 0 aliphatic carbocycles. The zero-order chi connectivity index (χ0) is 12.3. The molecule has 3 nitrogen and oxygen atoms in total. The van der Waals surface area contributed by atoms with Crippen LogP contribution in [0.2, 0.25) is 0 Å². The summed E-state index contributed by atoms with van der Waals surface area (Å²) in [5, 5.41) is 1.20. The van der Waals surface area contributed by atoms with E-state index in [1.807, 2.05) is 12.3 Å². The second-order valence-corrected chi connectivity index (χ2v) is 4.58. The van der Waals surface area contributed by atoms with E-state index in [2.05, 4.69) is 60.2 Å². The van der Waals surface area contributed by atoms with Crippen molar-refractivity contribution in [3.63, 3.8) is 0 Å². The second kappa shape index (κ2) is 5.15. The number of rotatable bonds is 4. The molecule has 0 N–H and O–H groups in total. The van der Waals surface area contributed by atoms with E-state index in [-0.39, 0.29) is 0 Å². The van der Waals surface area contributed by atoms with E-state index in [1.54, 1.807) is 0 Å². The number of likely N-dealkylation sites (N-methyl/N-ethyl adjacent to an activating group) is 2. The topological polar surface area (TPSA) is 19.4 Å². The standard InChI is InChI=1S/C14H19N3/c1-16(2)10-11-17(3)13-8-4-6-12-7-5-9-15-14(12)13/h4-9H,10-11H2,1-3H3. The molecule has 3 heteroatoms. The summed E-state index contributed by atoms with van der Waals surface area (Å²) in [7, 11) is 6.30. The van der Waals surface area contributed by atoms with E-state index in [1.165, 1.54) is 11.1 Å². The van der Waals surface area contributed by atoms with Gasteiger partial charge in [0.25, 0.3) is 0 Å². The van der Waals surface area contributed by atoms with Crippen LogP contribution in [-0.2, 0) is 0 Å². The van der Waals surface area contributed by atoms with Gasteiger partial charge in [-0.15, -0.1) is 0 Å². The van der Waals surface area contributed by atoms with Gasteiger partial charge in [-0.25, -0.2) is 0 Å². The smallest absolute Gasteiger partial charge is 0.0935 e. The normalized spacial score (nSPS) is 11.1. The van der Waals surface area contributed by atoms with Gasteiger partial charge < -0.3 is 9.80 Å². The Bertz CT molecular complexity index is 488. The van der Waals surface area contributed by atoms with Crippen molar-refractivity contribution in [2.45, 2.75) is 0 Å². The van der Waals surface area contributed by atoms with Crippen molar-refractivity contribution >= 4 is 16.6 Å². The third-order valence-corrected chi connectivity index (χ3v) is 2.91. The Balaban J connectivity index is 2.28. The summed E-state index contributed by atoms with van der Waals surface area (Å²) in [5.41, 5.74) is 2.28. The van der Waals surface area contributed by atoms with Crippen LogP contribution in [0.3, 0.4) is 0 Å². The Morgan fingerprint density at radius 3 is 2.53 bits per heavy atom. The van der Waals surface area contributed by atoms with Crippen molar-refractivity contribution in [1.29, 1.82) is 0 Å². The summed E-state index contributed by atoms with van der Waals surface area (Å²) < 4.78 is 0. The highest BCUT2D eigenvalue weighted by Crippen LogP contribution is 2.23. The van der Waals surface area contributed by atoms with Gasteiger partial charge in [-0.1, -0.05) is 18.2 Å². The van der Waals surface area contributed by atoms with E-state index in [9.17, 15) is 0 Å². The molecule has 2 aromatic rings. The first-order chi connectivity index (χ1) is 8.18. The number of hydrogen-bond acceptors (Lipinski definition) is 3. The number of anilines is 1. The fraction of sp³-hybridized carbons (Fsp3) is 0.357. The number of nitrogens with zero attached hydrogens (tertiary/aromatic N) is 3. The summed E-state index contributed by atoms with van der Waals surface area (Å²) >= 11 is 0. The molecule has 0 radical (unpaired) electrons. The predicted octanol–water partition coefficient (Wildman–Crippen LogP) is 2.23. The number of pyridine rings is 1. The lowest BCUT2D eigenvalue weighted by Crippen LogP contribution is -2.28. The molecule has 0 bridgehead atoms. The first-order valence-electron chi connectivity index (χ1n) is 5.88. The van der Waals surface area contributed by atoms with E-state index in [0.717, 1.165) is 18.6 Å². The average molecular weight is 229 g/mol. The van der Waals surface area contributed by atoms with Gasteiger partial charge in [-0.2, -0.15) is 0 Å². The fourth-order valence-corrected chi connectivity index (χ4v) is 1.87. The molecule has 1 heterocycles. The molecular weight excluding hydrogens is 210 g/mol. The monoisotopic (exact) mass is 229 g/mol. The SMILES string of the molecule is CN(C)CCN(C)c1cccc2cccnc12. The maximum Gasteiger partial charge on any atom is 0.0935 e. The van der Waals surface area contributed by atoms with E-state index >= 15 is 0 Å². The largest absolute Gasteiger partial charge is 0.372 e. The predicted molar refractivity (Wildman–Crippen MR) is 73.6 cm³/mol. The van der Waals surface area contributed by atoms with Crippen LogP contribution in [0, 0.1) is 0 Å². The van der Waals surface area contributed by atoms with Gasteiger partial charge in [0.05, 0.1) is 11.2 Å². The molecule has 0 aliphatic rings. The molecule has 0 unspecified atom stereocenters. The molecule has 0 aliphatic heterocycles. The van der Waals surface area contributed by atoms with Crippen molar-refractivity contribution in [2.75, 3.05) is 39.1 Å². The highest BCUT2D eigenvalue weighted by Gasteiger charge is 2.06. The molecular formula is C14H19N3. The number of para-hydroxylation sites is 1. The third-order valence-electron chi connectivity index (χ3n) is 2.91. The zero-order valence-corrected chi connectivity index (χ0v) is 10.7. The van der Waals surface area contributed by atoms with Crippen LogP contribution >= 0.6 is 0 Å². The number of benzene rings is 1. The third kappa shape index (κ3) is 2.74. The summed E-state index contributed by atoms with van der Waals surface area (Å²) in [6.07, 6.45) is 1.85. The number of fused-ring (bicyclic) bond motifs is 1. The second-order valence-electron chi connectivity index (χ2n) is 4.58. The highest BCUT2D eigenvalue weighted by molar-refractivity contribution is 5.90. The molecule has 0 saturated heterocycles. The van der Waals surface area contributed by atoms with Gasteiger partial charge in [-0.3, -0.25) is 4.98 Å². The number of aromatic nitrogens is 1. The highest BCUT2D eigenvalue weighted by atomic mass is 15.2. The average Bonchev–Trinajstić information content (AvgIpc) is 2.35. The molecule has 1 aromatic carbocycles. The van der Waals surface area contributed by atoms with Crippen molar-refractivity contribution in [2.24, 2.45) is 0 Å². The lowest BCUT2D eigenvalue weighted by atomic mass is 10.2. The van der Waals surface area contributed by atoms with Gasteiger partial charge in [0, 0.05) is 31.7 Å². The lowest BCUT2D eigenvalue weighted by molar-refractivity contribution is 0.416. The van der Waals surface area contributed by atoms with Crippen molar-refractivity contribution < 1.29 is 0 Å². The first kappa shape index (κ1) is 11.9. The van der Waals surface area contributed by atoms with Crippen LogP contribution in [-0.4, -0.2) is 44.1 Å². The minimum absolute atomic E-state index is 1.00. The molecule has 0 fully saturated rings. The molecule has 0 saturated carbocycles. The quantitative estimate of drug-likeness (QED) is 0.801. The summed E-state index contributed by atoms with van der Waals surface area (Å²) in [6.45, 7) is 2.04. The summed E-state index contributed by atoms with van der Waals surface area (Å²) in [5.74, 6) is 0.